The zero-order valence-electron chi connectivity index (χ0n) is 17.7. The third-order valence-corrected chi connectivity index (χ3v) is 6.82. The monoisotopic (exact) mass is 472 g/mol. The largest absolute Gasteiger partial charge is 0.288 e. The van der Waals surface area contributed by atoms with E-state index in [9.17, 15) is 18.0 Å². The van der Waals surface area contributed by atoms with Gasteiger partial charge >= 0.3 is 0 Å². The summed E-state index contributed by atoms with van der Waals surface area (Å²) in [6, 6.07) is 15.9. The number of amides is 2. The number of benzene rings is 2. The van der Waals surface area contributed by atoms with Crippen molar-refractivity contribution in [1.29, 1.82) is 0 Å². The van der Waals surface area contributed by atoms with Crippen LogP contribution in [0.25, 0.3) is 10.9 Å². The van der Waals surface area contributed by atoms with Crippen molar-refractivity contribution in [2.24, 2.45) is 0 Å². The number of aromatic nitrogens is 1. The number of nitrogens with zero attached hydrogens (tertiary/aromatic N) is 1. The number of pyridine rings is 1. The summed E-state index contributed by atoms with van der Waals surface area (Å²) in [4.78, 5) is 29.5. The van der Waals surface area contributed by atoms with Crippen molar-refractivity contribution >= 4 is 44.5 Å². The SMILES string of the molecule is CSCCC(NS(=O)(=O)c1ccc(C)cc1)C(=O)NNC(=O)c1ccc2ccccc2n1. The lowest BCUT2D eigenvalue weighted by Gasteiger charge is -2.18. The van der Waals surface area contributed by atoms with Gasteiger partial charge in [0, 0.05) is 5.39 Å². The lowest BCUT2D eigenvalue weighted by Crippen LogP contribution is -2.52. The summed E-state index contributed by atoms with van der Waals surface area (Å²) in [7, 11) is -3.91. The highest BCUT2D eigenvalue weighted by Crippen LogP contribution is 2.13. The number of hydrazine groups is 1. The molecule has 0 bridgehead atoms. The summed E-state index contributed by atoms with van der Waals surface area (Å²) < 4.78 is 27.9. The predicted octanol–water partition coefficient (Wildman–Crippen LogP) is 2.40. The van der Waals surface area contributed by atoms with E-state index in [1.807, 2.05) is 31.4 Å². The predicted molar refractivity (Wildman–Crippen MR) is 126 cm³/mol. The minimum atomic E-state index is -3.91. The second kappa shape index (κ2) is 10.6. The van der Waals surface area contributed by atoms with Crippen LogP contribution in [0, 0.1) is 6.92 Å². The van der Waals surface area contributed by atoms with Crippen LogP contribution in [0.4, 0.5) is 0 Å². The van der Waals surface area contributed by atoms with Crippen LogP contribution < -0.4 is 15.6 Å². The van der Waals surface area contributed by atoms with Gasteiger partial charge in [-0.1, -0.05) is 42.0 Å². The molecule has 32 heavy (non-hydrogen) atoms. The molecule has 1 atom stereocenters. The second-order valence-corrected chi connectivity index (χ2v) is 9.80. The summed E-state index contributed by atoms with van der Waals surface area (Å²) in [5.41, 5.74) is 6.32. The average Bonchev–Trinajstić information content (AvgIpc) is 2.79. The molecular formula is C22H24N4O4S2. The first-order valence-electron chi connectivity index (χ1n) is 9.84. The lowest BCUT2D eigenvalue weighted by molar-refractivity contribution is -0.123. The number of nitrogens with one attached hydrogen (secondary N) is 3. The molecule has 1 aromatic heterocycles. The van der Waals surface area contributed by atoms with Crippen LogP contribution in [0.2, 0.25) is 0 Å². The number of aryl methyl sites for hydroxylation is 1. The quantitative estimate of drug-likeness (QED) is 0.434. The molecule has 0 fully saturated rings. The first-order chi connectivity index (χ1) is 15.3. The van der Waals surface area contributed by atoms with Crippen molar-refractivity contribution in [2.75, 3.05) is 12.0 Å². The third-order valence-electron chi connectivity index (χ3n) is 4.69. The zero-order chi connectivity index (χ0) is 23.1. The minimum Gasteiger partial charge on any atom is -0.271 e. The van der Waals surface area contributed by atoms with E-state index in [1.165, 1.54) is 23.9 Å². The Kier molecular flexibility index (Phi) is 7.84. The zero-order valence-corrected chi connectivity index (χ0v) is 19.3. The fourth-order valence-corrected chi connectivity index (χ4v) is 4.62. The Bertz CT molecular complexity index is 1210. The molecule has 3 N–H and O–H groups in total. The number of carbonyl (C=O) groups excluding carboxylic acids is 2. The number of thioether (sulfide) groups is 1. The lowest BCUT2D eigenvalue weighted by atomic mass is 10.2. The first-order valence-corrected chi connectivity index (χ1v) is 12.7. The molecule has 3 aromatic rings. The molecule has 1 heterocycles. The van der Waals surface area contributed by atoms with E-state index < -0.39 is 27.9 Å². The Morgan fingerprint density at radius 2 is 1.72 bits per heavy atom. The van der Waals surface area contributed by atoms with Gasteiger partial charge in [0.15, 0.2) is 0 Å². The number of rotatable bonds is 8. The van der Waals surface area contributed by atoms with Crippen molar-refractivity contribution < 1.29 is 18.0 Å². The van der Waals surface area contributed by atoms with E-state index in [0.717, 1.165) is 10.9 Å². The third kappa shape index (κ3) is 6.06. The summed E-state index contributed by atoms with van der Waals surface area (Å²) in [6.07, 6.45) is 2.11. The summed E-state index contributed by atoms with van der Waals surface area (Å²) >= 11 is 1.48. The van der Waals surface area contributed by atoms with Gasteiger partial charge in [0.2, 0.25) is 10.0 Å². The van der Waals surface area contributed by atoms with E-state index in [1.54, 1.807) is 30.3 Å². The Hall–Kier alpha value is -2.95. The molecule has 10 heteroatoms. The molecular weight excluding hydrogens is 448 g/mol. The number of fused-ring (bicyclic) bond motifs is 1. The van der Waals surface area contributed by atoms with Gasteiger partial charge in [-0.3, -0.25) is 20.4 Å². The van der Waals surface area contributed by atoms with E-state index >= 15 is 0 Å². The molecule has 0 aliphatic heterocycles. The molecule has 0 saturated carbocycles. The average molecular weight is 473 g/mol. The molecule has 0 radical (unpaired) electrons. The van der Waals surface area contributed by atoms with Crippen LogP contribution in [0.15, 0.2) is 65.6 Å². The highest BCUT2D eigenvalue weighted by molar-refractivity contribution is 7.98. The van der Waals surface area contributed by atoms with Gasteiger partial charge in [-0.05, 0) is 49.6 Å². The topological polar surface area (TPSA) is 117 Å². The van der Waals surface area contributed by atoms with Crippen molar-refractivity contribution in [2.45, 2.75) is 24.3 Å². The van der Waals surface area contributed by atoms with Gasteiger partial charge < -0.3 is 0 Å². The smallest absolute Gasteiger partial charge is 0.271 e. The summed E-state index contributed by atoms with van der Waals surface area (Å²) in [6.45, 7) is 1.85. The fourth-order valence-electron chi connectivity index (χ4n) is 2.91. The van der Waals surface area contributed by atoms with Crippen molar-refractivity contribution in [1.82, 2.24) is 20.6 Å². The van der Waals surface area contributed by atoms with E-state index in [2.05, 4.69) is 20.6 Å². The maximum atomic E-state index is 12.7. The van der Waals surface area contributed by atoms with E-state index in [4.69, 9.17) is 0 Å². The molecule has 0 aliphatic rings. The van der Waals surface area contributed by atoms with Gasteiger partial charge in [0.1, 0.15) is 11.7 Å². The maximum Gasteiger partial charge on any atom is 0.288 e. The van der Waals surface area contributed by atoms with Crippen molar-refractivity contribution in [3.63, 3.8) is 0 Å². The number of hydrogen-bond acceptors (Lipinski definition) is 6. The molecule has 8 nitrogen and oxygen atoms in total. The molecule has 0 spiro atoms. The van der Waals surface area contributed by atoms with Gasteiger partial charge in [-0.2, -0.15) is 16.5 Å². The molecule has 3 rings (SSSR count). The molecule has 0 aliphatic carbocycles. The van der Waals surface area contributed by atoms with Crippen molar-refractivity contribution in [3.05, 3.63) is 71.9 Å². The second-order valence-electron chi connectivity index (χ2n) is 7.10. The summed E-state index contributed by atoms with van der Waals surface area (Å²) in [5, 5.41) is 0.885. The molecule has 2 amide bonds. The van der Waals surface area contributed by atoms with Gasteiger partial charge in [0.05, 0.1) is 10.4 Å². The first kappa shape index (κ1) is 23.7. The molecule has 0 saturated heterocycles. The van der Waals surface area contributed by atoms with Gasteiger partial charge in [0.25, 0.3) is 11.8 Å². The Labute approximate surface area is 191 Å². The van der Waals surface area contributed by atoms with Gasteiger partial charge in [-0.15, -0.1) is 0 Å². The Morgan fingerprint density at radius 1 is 1.00 bits per heavy atom. The minimum absolute atomic E-state index is 0.0643. The molecule has 2 aromatic carbocycles. The highest BCUT2D eigenvalue weighted by atomic mass is 32.2. The van der Waals surface area contributed by atoms with Crippen LogP contribution in [0.3, 0.4) is 0 Å². The van der Waals surface area contributed by atoms with Crippen LogP contribution in [-0.2, 0) is 14.8 Å². The van der Waals surface area contributed by atoms with Crippen molar-refractivity contribution in [3.8, 4) is 0 Å². The molecule has 168 valence electrons. The maximum absolute atomic E-state index is 12.7. The Balaban J connectivity index is 1.68. The number of hydrogen-bond donors (Lipinski definition) is 3. The number of para-hydroxylation sites is 1. The number of sulfonamides is 1. The van der Waals surface area contributed by atoms with Crippen LogP contribution in [0.1, 0.15) is 22.5 Å². The Morgan fingerprint density at radius 3 is 2.44 bits per heavy atom. The normalized spacial score (nSPS) is 12.3. The van der Waals surface area contributed by atoms with Crippen LogP contribution in [-0.4, -0.2) is 43.3 Å². The number of carbonyl (C=O) groups is 2. The van der Waals surface area contributed by atoms with Crippen LogP contribution >= 0.6 is 11.8 Å². The van der Waals surface area contributed by atoms with Crippen LogP contribution in [0.5, 0.6) is 0 Å². The van der Waals surface area contributed by atoms with E-state index in [-0.39, 0.29) is 17.0 Å². The van der Waals surface area contributed by atoms with E-state index in [0.29, 0.717) is 11.3 Å². The fraction of sp³-hybridized carbons (Fsp3) is 0.227. The summed E-state index contributed by atoms with van der Waals surface area (Å²) in [5.74, 6) is -0.715. The highest BCUT2D eigenvalue weighted by Gasteiger charge is 2.26. The van der Waals surface area contributed by atoms with Gasteiger partial charge in [-0.25, -0.2) is 13.4 Å². The standard InChI is InChI=1S/C22H24N4O4S2/c1-15-7-10-17(11-8-15)32(29,30)26-20(13-14-31-2)22(28)25-24-21(27)19-12-9-16-5-3-4-6-18(16)23-19/h3-12,20,26H,13-14H2,1-2H3,(H,24,27)(H,25,28). The molecule has 1 unspecified atom stereocenters.